The lowest BCUT2D eigenvalue weighted by Gasteiger charge is -2.10. The van der Waals surface area contributed by atoms with Crippen molar-refractivity contribution in [3.8, 4) is 0 Å². The number of aromatic nitrogens is 2. The molecule has 0 atom stereocenters. The molecule has 1 heterocycles. The fourth-order valence-corrected chi connectivity index (χ4v) is 1.82. The number of hydrogen-bond donors (Lipinski definition) is 1. The van der Waals surface area contributed by atoms with Gasteiger partial charge >= 0.3 is 0 Å². The van der Waals surface area contributed by atoms with Crippen molar-refractivity contribution in [3.63, 3.8) is 0 Å². The number of hydrogen-bond acceptors (Lipinski definition) is 2. The summed E-state index contributed by atoms with van der Waals surface area (Å²) in [4.78, 5) is 4.19. The Balaban J connectivity index is 2.00. The Hall–Kier alpha value is -1.91. The van der Waals surface area contributed by atoms with Crippen molar-refractivity contribution < 1.29 is 8.78 Å². The SMILES string of the molecule is CCCCn1ccnc1NCc1ccc(F)cc1F. The first-order valence-corrected chi connectivity index (χ1v) is 6.39. The molecule has 0 bridgehead atoms. The summed E-state index contributed by atoms with van der Waals surface area (Å²) < 4.78 is 28.3. The maximum absolute atomic E-state index is 13.5. The van der Waals surface area contributed by atoms with Crippen molar-refractivity contribution in [1.29, 1.82) is 0 Å². The Labute approximate surface area is 111 Å². The van der Waals surface area contributed by atoms with E-state index >= 15 is 0 Å². The molecule has 0 saturated carbocycles. The van der Waals surface area contributed by atoms with Gasteiger partial charge in [0, 0.05) is 37.1 Å². The monoisotopic (exact) mass is 265 g/mol. The minimum Gasteiger partial charge on any atom is -0.351 e. The summed E-state index contributed by atoms with van der Waals surface area (Å²) in [6.45, 7) is 3.29. The number of benzene rings is 1. The molecule has 0 aliphatic rings. The molecule has 0 fully saturated rings. The molecule has 0 radical (unpaired) electrons. The van der Waals surface area contributed by atoms with Gasteiger partial charge in [-0.25, -0.2) is 13.8 Å². The third-order valence-electron chi connectivity index (χ3n) is 2.92. The van der Waals surface area contributed by atoms with Crippen LogP contribution in [-0.4, -0.2) is 9.55 Å². The van der Waals surface area contributed by atoms with E-state index in [0.717, 1.165) is 25.5 Å². The molecule has 19 heavy (non-hydrogen) atoms. The Morgan fingerprint density at radius 2 is 2.16 bits per heavy atom. The topological polar surface area (TPSA) is 29.9 Å². The van der Waals surface area contributed by atoms with Gasteiger partial charge in [0.05, 0.1) is 0 Å². The first kappa shape index (κ1) is 13.5. The zero-order chi connectivity index (χ0) is 13.7. The fraction of sp³-hybridized carbons (Fsp3) is 0.357. The van der Waals surface area contributed by atoms with Gasteiger partial charge in [0.25, 0.3) is 0 Å². The van der Waals surface area contributed by atoms with E-state index in [1.54, 1.807) is 6.20 Å². The van der Waals surface area contributed by atoms with E-state index < -0.39 is 11.6 Å². The van der Waals surface area contributed by atoms with Gasteiger partial charge in [-0.15, -0.1) is 0 Å². The van der Waals surface area contributed by atoms with Crippen LogP contribution in [0.4, 0.5) is 14.7 Å². The van der Waals surface area contributed by atoms with E-state index in [1.807, 2.05) is 10.8 Å². The molecule has 1 N–H and O–H groups in total. The van der Waals surface area contributed by atoms with Gasteiger partial charge in [-0.3, -0.25) is 0 Å². The standard InChI is InChI=1S/C14H17F2N3/c1-2-3-7-19-8-6-17-14(19)18-10-11-4-5-12(15)9-13(11)16/h4-6,8-9H,2-3,7,10H2,1H3,(H,17,18). The maximum Gasteiger partial charge on any atom is 0.203 e. The van der Waals surface area contributed by atoms with Crippen LogP contribution in [0.1, 0.15) is 25.3 Å². The summed E-state index contributed by atoms with van der Waals surface area (Å²) in [7, 11) is 0. The highest BCUT2D eigenvalue weighted by Gasteiger charge is 2.06. The molecule has 1 aromatic heterocycles. The van der Waals surface area contributed by atoms with Gasteiger partial charge in [-0.2, -0.15) is 0 Å². The minimum atomic E-state index is -0.564. The number of aryl methyl sites for hydroxylation is 1. The van der Waals surface area contributed by atoms with Crippen molar-refractivity contribution >= 4 is 5.95 Å². The molecule has 2 aromatic rings. The van der Waals surface area contributed by atoms with E-state index in [0.29, 0.717) is 11.5 Å². The van der Waals surface area contributed by atoms with Crippen molar-refractivity contribution in [1.82, 2.24) is 9.55 Å². The van der Waals surface area contributed by atoms with Crippen molar-refractivity contribution in [2.45, 2.75) is 32.9 Å². The van der Waals surface area contributed by atoms with E-state index in [9.17, 15) is 8.78 Å². The summed E-state index contributed by atoms with van der Waals surface area (Å²) in [5.41, 5.74) is 0.423. The highest BCUT2D eigenvalue weighted by Crippen LogP contribution is 2.12. The van der Waals surface area contributed by atoms with Crippen molar-refractivity contribution in [2.24, 2.45) is 0 Å². The smallest absolute Gasteiger partial charge is 0.203 e. The molecule has 0 amide bonds. The molecule has 0 spiro atoms. The molecule has 5 heteroatoms. The number of rotatable bonds is 6. The second-order valence-corrected chi connectivity index (χ2v) is 4.39. The van der Waals surface area contributed by atoms with Crippen LogP contribution in [0.2, 0.25) is 0 Å². The minimum absolute atomic E-state index is 0.287. The Bertz CT molecular complexity index is 537. The van der Waals surface area contributed by atoms with Crippen molar-refractivity contribution in [3.05, 3.63) is 47.8 Å². The summed E-state index contributed by atoms with van der Waals surface area (Å²) >= 11 is 0. The van der Waals surface area contributed by atoms with Crippen LogP contribution in [0.3, 0.4) is 0 Å². The molecule has 0 unspecified atom stereocenters. The summed E-state index contributed by atoms with van der Waals surface area (Å²) in [5.74, 6) is -0.401. The van der Waals surface area contributed by atoms with E-state index in [2.05, 4.69) is 17.2 Å². The van der Waals surface area contributed by atoms with Gasteiger partial charge < -0.3 is 9.88 Å². The number of imidazole rings is 1. The summed E-state index contributed by atoms with van der Waals surface area (Å²) in [6.07, 6.45) is 5.76. The Morgan fingerprint density at radius 3 is 2.89 bits per heavy atom. The lowest BCUT2D eigenvalue weighted by Crippen LogP contribution is -2.08. The summed E-state index contributed by atoms with van der Waals surface area (Å²) in [5, 5.41) is 3.07. The van der Waals surface area contributed by atoms with Crippen molar-refractivity contribution in [2.75, 3.05) is 5.32 Å². The average Bonchev–Trinajstić information content (AvgIpc) is 2.83. The first-order valence-electron chi connectivity index (χ1n) is 6.39. The number of unbranched alkanes of at least 4 members (excludes halogenated alkanes) is 1. The number of halogens is 2. The van der Waals surface area contributed by atoms with Crippen LogP contribution in [0.25, 0.3) is 0 Å². The molecular formula is C14H17F2N3. The van der Waals surface area contributed by atoms with Gasteiger partial charge in [-0.05, 0) is 12.5 Å². The van der Waals surface area contributed by atoms with Crippen LogP contribution >= 0.6 is 0 Å². The molecule has 0 saturated heterocycles. The zero-order valence-corrected chi connectivity index (χ0v) is 10.9. The third-order valence-corrected chi connectivity index (χ3v) is 2.92. The second kappa shape index (κ2) is 6.31. The number of nitrogens with zero attached hydrogens (tertiary/aromatic N) is 2. The van der Waals surface area contributed by atoms with E-state index in [4.69, 9.17) is 0 Å². The second-order valence-electron chi connectivity index (χ2n) is 4.39. The number of nitrogens with one attached hydrogen (secondary N) is 1. The molecule has 0 aliphatic carbocycles. The quantitative estimate of drug-likeness (QED) is 0.865. The van der Waals surface area contributed by atoms with Gasteiger partial charge in [0.1, 0.15) is 11.6 Å². The molecule has 0 aliphatic heterocycles. The van der Waals surface area contributed by atoms with E-state index in [-0.39, 0.29) is 6.54 Å². The highest BCUT2D eigenvalue weighted by atomic mass is 19.1. The Kier molecular flexibility index (Phi) is 4.49. The molecular weight excluding hydrogens is 248 g/mol. The fourth-order valence-electron chi connectivity index (χ4n) is 1.82. The molecule has 102 valence electrons. The molecule has 1 aromatic carbocycles. The average molecular weight is 265 g/mol. The Morgan fingerprint density at radius 1 is 1.32 bits per heavy atom. The van der Waals surface area contributed by atoms with Crippen LogP contribution in [0, 0.1) is 11.6 Å². The normalized spacial score (nSPS) is 10.7. The molecule has 2 rings (SSSR count). The van der Waals surface area contributed by atoms with Gasteiger partial charge in [0.15, 0.2) is 0 Å². The third kappa shape index (κ3) is 3.53. The lowest BCUT2D eigenvalue weighted by atomic mass is 10.2. The summed E-state index contributed by atoms with van der Waals surface area (Å²) in [6, 6.07) is 3.58. The largest absolute Gasteiger partial charge is 0.351 e. The predicted octanol–water partition coefficient (Wildman–Crippen LogP) is 3.57. The van der Waals surface area contributed by atoms with Crippen LogP contribution < -0.4 is 5.32 Å². The highest BCUT2D eigenvalue weighted by molar-refractivity contribution is 5.29. The van der Waals surface area contributed by atoms with Crippen LogP contribution in [-0.2, 0) is 13.1 Å². The molecule has 3 nitrogen and oxygen atoms in total. The lowest BCUT2D eigenvalue weighted by molar-refractivity contribution is 0.573. The van der Waals surface area contributed by atoms with E-state index in [1.165, 1.54) is 12.1 Å². The maximum atomic E-state index is 13.5. The number of anilines is 1. The van der Waals surface area contributed by atoms with Gasteiger partial charge in [0.2, 0.25) is 5.95 Å². The van der Waals surface area contributed by atoms with Gasteiger partial charge in [-0.1, -0.05) is 19.4 Å². The van der Waals surface area contributed by atoms with Crippen LogP contribution in [0.15, 0.2) is 30.6 Å². The first-order chi connectivity index (χ1) is 9.20. The zero-order valence-electron chi connectivity index (χ0n) is 10.9. The predicted molar refractivity (Wildman–Crippen MR) is 70.8 cm³/mol. The van der Waals surface area contributed by atoms with Crippen LogP contribution in [0.5, 0.6) is 0 Å².